The second-order valence-corrected chi connectivity index (χ2v) is 11.2. The minimum absolute atomic E-state index is 0.0140. The largest absolute Gasteiger partial charge is 0.358 e. The molecule has 1 heterocycles. The first-order valence-electron chi connectivity index (χ1n) is 10.3. The van der Waals surface area contributed by atoms with Gasteiger partial charge in [0.25, 0.3) is 0 Å². The van der Waals surface area contributed by atoms with Gasteiger partial charge in [-0.25, -0.2) is 0 Å². The molecule has 0 radical (unpaired) electrons. The van der Waals surface area contributed by atoms with E-state index in [0.717, 1.165) is 29.8 Å². The smallest absolute Gasteiger partial charge is 0.163 e. The lowest BCUT2D eigenvalue weighted by molar-refractivity contribution is -0.117. The van der Waals surface area contributed by atoms with Crippen molar-refractivity contribution in [1.82, 2.24) is 0 Å². The van der Waals surface area contributed by atoms with E-state index < -0.39 is 0 Å². The zero-order valence-electron chi connectivity index (χ0n) is 18.4. The van der Waals surface area contributed by atoms with Crippen LogP contribution >= 0.6 is 11.8 Å². The third-order valence-corrected chi connectivity index (χ3v) is 6.45. The number of allylic oxidation sites excluding steroid dienone is 2. The number of ketones is 2. The number of hydrogen-bond acceptors (Lipinski definition) is 5. The molecule has 0 fully saturated rings. The molecule has 5 heteroatoms. The van der Waals surface area contributed by atoms with E-state index in [-0.39, 0.29) is 28.4 Å². The molecule has 1 unspecified atom stereocenters. The van der Waals surface area contributed by atoms with Gasteiger partial charge in [0.05, 0.1) is 5.71 Å². The molecule has 29 heavy (non-hydrogen) atoms. The Morgan fingerprint density at radius 3 is 2.41 bits per heavy atom. The van der Waals surface area contributed by atoms with E-state index in [4.69, 9.17) is 4.99 Å². The van der Waals surface area contributed by atoms with Crippen LogP contribution in [0.2, 0.25) is 0 Å². The van der Waals surface area contributed by atoms with Crippen molar-refractivity contribution in [2.75, 3.05) is 11.1 Å². The molecule has 0 saturated heterocycles. The average Bonchev–Trinajstić information content (AvgIpc) is 2.59. The molecule has 3 rings (SSSR count). The standard InChI is InChI=1S/C24H32N2O2S/c1-15(27)20-14-29-22-18(11-24(5,6)12-19(22)26-20)25-17-9-7-16(8-10-17)21(28)13-23(2,3)4/h7-10,20,25H,11-14H2,1-6H3. The average molecular weight is 413 g/mol. The monoisotopic (exact) mass is 412 g/mol. The fourth-order valence-corrected chi connectivity index (χ4v) is 5.02. The van der Waals surface area contributed by atoms with Gasteiger partial charge >= 0.3 is 0 Å². The van der Waals surface area contributed by atoms with E-state index in [0.29, 0.717) is 12.2 Å². The fourth-order valence-electron chi connectivity index (χ4n) is 3.80. The van der Waals surface area contributed by atoms with Crippen molar-refractivity contribution < 1.29 is 9.59 Å². The van der Waals surface area contributed by atoms with E-state index in [1.807, 2.05) is 24.3 Å². The number of Topliss-reactive ketones (excluding diaryl/α,β-unsaturated/α-hetero) is 2. The van der Waals surface area contributed by atoms with Gasteiger partial charge in [-0.3, -0.25) is 14.6 Å². The van der Waals surface area contributed by atoms with E-state index in [1.165, 1.54) is 10.6 Å². The van der Waals surface area contributed by atoms with Crippen LogP contribution < -0.4 is 5.32 Å². The lowest BCUT2D eigenvalue weighted by atomic mass is 9.78. The maximum absolute atomic E-state index is 12.4. The predicted octanol–water partition coefficient (Wildman–Crippen LogP) is 5.89. The number of nitrogens with one attached hydrogen (secondary N) is 1. The van der Waals surface area contributed by atoms with Crippen LogP contribution in [0.3, 0.4) is 0 Å². The van der Waals surface area contributed by atoms with Crippen LogP contribution in [0.4, 0.5) is 5.69 Å². The molecule has 0 bridgehead atoms. The van der Waals surface area contributed by atoms with Crippen LogP contribution in [0.1, 0.15) is 71.2 Å². The first kappa shape index (κ1) is 21.8. The van der Waals surface area contributed by atoms with Crippen molar-refractivity contribution in [3.63, 3.8) is 0 Å². The van der Waals surface area contributed by atoms with E-state index in [9.17, 15) is 9.59 Å². The number of carbonyl (C=O) groups is 2. The van der Waals surface area contributed by atoms with Gasteiger partial charge in [-0.2, -0.15) is 0 Å². The molecule has 156 valence electrons. The highest BCUT2D eigenvalue weighted by atomic mass is 32.2. The lowest BCUT2D eigenvalue weighted by Crippen LogP contribution is -2.33. The minimum Gasteiger partial charge on any atom is -0.358 e. The maximum Gasteiger partial charge on any atom is 0.163 e. The first-order valence-corrected chi connectivity index (χ1v) is 11.3. The van der Waals surface area contributed by atoms with E-state index in [1.54, 1.807) is 18.7 Å². The maximum atomic E-state index is 12.4. The second-order valence-electron chi connectivity index (χ2n) is 10.2. The van der Waals surface area contributed by atoms with Crippen LogP contribution in [0.5, 0.6) is 0 Å². The molecule has 1 aliphatic carbocycles. The predicted molar refractivity (Wildman–Crippen MR) is 123 cm³/mol. The summed E-state index contributed by atoms with van der Waals surface area (Å²) in [6.45, 7) is 12.3. The Bertz CT molecular complexity index is 873. The van der Waals surface area contributed by atoms with Gasteiger partial charge in [0, 0.05) is 34.0 Å². The number of benzene rings is 1. The molecule has 0 aromatic heterocycles. The summed E-state index contributed by atoms with van der Waals surface area (Å²) in [6, 6.07) is 7.55. The van der Waals surface area contributed by atoms with Crippen LogP contribution in [-0.4, -0.2) is 29.1 Å². The topological polar surface area (TPSA) is 58.5 Å². The molecule has 1 atom stereocenters. The number of thioether (sulfide) groups is 1. The Kier molecular flexibility index (Phi) is 6.09. The molecule has 1 aromatic carbocycles. The zero-order valence-corrected chi connectivity index (χ0v) is 19.2. The van der Waals surface area contributed by atoms with Crippen molar-refractivity contribution in [3.05, 3.63) is 40.4 Å². The first-order chi connectivity index (χ1) is 13.4. The van der Waals surface area contributed by atoms with Crippen LogP contribution in [0.25, 0.3) is 0 Å². The number of nitrogens with zero attached hydrogens (tertiary/aromatic N) is 1. The number of rotatable bonds is 5. The van der Waals surface area contributed by atoms with Gasteiger partial charge in [0.1, 0.15) is 6.04 Å². The van der Waals surface area contributed by atoms with Gasteiger partial charge in [-0.05, 0) is 54.9 Å². The summed E-state index contributed by atoms with van der Waals surface area (Å²) in [5.74, 6) is 1.02. The second kappa shape index (κ2) is 8.10. The van der Waals surface area contributed by atoms with Crippen LogP contribution in [0.15, 0.2) is 39.9 Å². The Labute approximate surface area is 178 Å². The minimum atomic E-state index is -0.220. The molecule has 2 aliphatic rings. The highest BCUT2D eigenvalue weighted by molar-refractivity contribution is 8.04. The quantitative estimate of drug-likeness (QED) is 0.612. The van der Waals surface area contributed by atoms with Crippen LogP contribution in [-0.2, 0) is 4.79 Å². The summed E-state index contributed by atoms with van der Waals surface area (Å²) in [5.41, 5.74) is 4.03. The van der Waals surface area contributed by atoms with Gasteiger partial charge in [-0.15, -0.1) is 11.8 Å². The molecule has 0 amide bonds. The highest BCUT2D eigenvalue weighted by Gasteiger charge is 2.35. The van der Waals surface area contributed by atoms with E-state index >= 15 is 0 Å². The Balaban J connectivity index is 1.82. The van der Waals surface area contributed by atoms with Gasteiger partial charge in [0.2, 0.25) is 0 Å². The summed E-state index contributed by atoms with van der Waals surface area (Å²) in [4.78, 5) is 30.2. The van der Waals surface area contributed by atoms with E-state index in [2.05, 4.69) is 39.9 Å². The normalized spacial score (nSPS) is 21.3. The van der Waals surface area contributed by atoms with Gasteiger partial charge < -0.3 is 5.32 Å². The van der Waals surface area contributed by atoms with Crippen molar-refractivity contribution in [2.45, 2.75) is 66.8 Å². The van der Waals surface area contributed by atoms with Crippen LogP contribution in [0, 0.1) is 10.8 Å². The third-order valence-electron chi connectivity index (χ3n) is 5.20. The number of anilines is 1. The van der Waals surface area contributed by atoms with Crippen molar-refractivity contribution in [2.24, 2.45) is 15.8 Å². The molecular formula is C24H32N2O2S. The lowest BCUT2D eigenvalue weighted by Gasteiger charge is -2.36. The summed E-state index contributed by atoms with van der Waals surface area (Å²) in [7, 11) is 0. The molecule has 1 aliphatic heterocycles. The van der Waals surface area contributed by atoms with Crippen molar-refractivity contribution in [3.8, 4) is 0 Å². The number of carbonyl (C=O) groups excluding carboxylic acids is 2. The molecule has 1 aromatic rings. The Hall–Kier alpha value is -1.88. The Morgan fingerprint density at radius 1 is 1.17 bits per heavy atom. The SMILES string of the molecule is CC(=O)C1CSC2=C(Nc3ccc(C(=O)CC(C)(C)C)cc3)CC(C)(C)CC2=N1. The van der Waals surface area contributed by atoms with Gasteiger partial charge in [0.15, 0.2) is 11.6 Å². The number of fused-ring (bicyclic) bond motifs is 1. The fraction of sp³-hybridized carbons (Fsp3) is 0.542. The molecular weight excluding hydrogens is 380 g/mol. The number of aliphatic imine (C=N–C) groups is 1. The molecule has 4 nitrogen and oxygen atoms in total. The molecule has 1 N–H and O–H groups in total. The highest BCUT2D eigenvalue weighted by Crippen LogP contribution is 2.43. The third kappa shape index (κ3) is 5.59. The Morgan fingerprint density at radius 2 is 1.83 bits per heavy atom. The zero-order chi connectivity index (χ0) is 21.4. The number of hydrogen-bond donors (Lipinski definition) is 1. The molecule has 0 spiro atoms. The summed E-state index contributed by atoms with van der Waals surface area (Å²) in [6.07, 6.45) is 2.37. The van der Waals surface area contributed by atoms with Gasteiger partial charge in [-0.1, -0.05) is 34.6 Å². The summed E-state index contributed by atoms with van der Waals surface area (Å²) >= 11 is 1.74. The molecule has 0 saturated carbocycles. The summed E-state index contributed by atoms with van der Waals surface area (Å²) in [5, 5.41) is 3.58. The summed E-state index contributed by atoms with van der Waals surface area (Å²) < 4.78 is 0. The van der Waals surface area contributed by atoms with Crippen molar-refractivity contribution in [1.29, 1.82) is 0 Å². The van der Waals surface area contributed by atoms with Crippen molar-refractivity contribution >= 4 is 34.7 Å².